The molecular weight excluding hydrogens is 390 g/mol. The van der Waals surface area contributed by atoms with Gasteiger partial charge in [-0.25, -0.2) is 4.98 Å². The van der Waals surface area contributed by atoms with Crippen molar-refractivity contribution in [1.29, 1.82) is 0 Å². The van der Waals surface area contributed by atoms with E-state index in [1.165, 1.54) is 11.1 Å². The van der Waals surface area contributed by atoms with E-state index in [2.05, 4.69) is 28.8 Å². The number of ether oxygens (including phenoxy) is 2. The van der Waals surface area contributed by atoms with E-state index in [0.29, 0.717) is 12.2 Å². The molecule has 1 atom stereocenters. The summed E-state index contributed by atoms with van der Waals surface area (Å²) in [4.78, 5) is 19.8. The highest BCUT2D eigenvalue weighted by molar-refractivity contribution is 5.92. The maximum atomic E-state index is 13.2. The van der Waals surface area contributed by atoms with Gasteiger partial charge in [0.05, 0.1) is 14.2 Å². The van der Waals surface area contributed by atoms with Gasteiger partial charge >= 0.3 is 0 Å². The Morgan fingerprint density at radius 2 is 1.90 bits per heavy atom. The molecule has 5 rings (SSSR count). The number of methoxy groups -OCH3 is 2. The Hall–Kier alpha value is -3.28. The molecule has 1 unspecified atom stereocenters. The van der Waals surface area contributed by atoms with Crippen molar-refractivity contribution in [3.8, 4) is 11.5 Å². The summed E-state index contributed by atoms with van der Waals surface area (Å²) >= 11 is 0. The van der Waals surface area contributed by atoms with Crippen LogP contribution in [0.3, 0.4) is 0 Å². The van der Waals surface area contributed by atoms with Crippen molar-refractivity contribution in [3.05, 3.63) is 76.9 Å². The minimum absolute atomic E-state index is 0.0203. The predicted octanol–water partition coefficient (Wildman–Crippen LogP) is 3.83. The van der Waals surface area contributed by atoms with E-state index in [1.807, 2.05) is 29.3 Å². The first-order chi connectivity index (χ1) is 15.2. The van der Waals surface area contributed by atoms with Gasteiger partial charge in [-0.05, 0) is 42.2 Å². The lowest BCUT2D eigenvalue weighted by Gasteiger charge is -2.28. The van der Waals surface area contributed by atoms with E-state index in [-0.39, 0.29) is 11.8 Å². The number of hydrogen-bond acceptors (Lipinski definition) is 4. The molecule has 0 spiro atoms. The van der Waals surface area contributed by atoms with Crippen molar-refractivity contribution >= 4 is 5.91 Å². The smallest absolute Gasteiger partial charge is 0.274 e. The van der Waals surface area contributed by atoms with E-state index in [0.717, 1.165) is 55.2 Å². The molecule has 2 aliphatic heterocycles. The minimum Gasteiger partial charge on any atom is -0.497 e. The molecule has 0 saturated carbocycles. The molecular formula is C25H27N3O3. The van der Waals surface area contributed by atoms with Crippen LogP contribution in [0.15, 0.2) is 48.7 Å². The first-order valence-electron chi connectivity index (χ1n) is 10.8. The zero-order valence-corrected chi connectivity index (χ0v) is 18.0. The summed E-state index contributed by atoms with van der Waals surface area (Å²) in [5.41, 5.74) is 4.26. The SMILES string of the molecule is COc1ccc(OC)c(C2CCc3nc(C(=O)N4CCc5ccccc5C4)cn3C2)c1. The topological polar surface area (TPSA) is 56.6 Å². The van der Waals surface area contributed by atoms with Crippen LogP contribution < -0.4 is 9.47 Å². The maximum absolute atomic E-state index is 13.2. The monoisotopic (exact) mass is 417 g/mol. The number of hydrogen-bond donors (Lipinski definition) is 0. The zero-order valence-electron chi connectivity index (χ0n) is 18.0. The molecule has 0 bridgehead atoms. The molecule has 0 saturated heterocycles. The summed E-state index contributed by atoms with van der Waals surface area (Å²) in [7, 11) is 3.38. The molecule has 6 heteroatoms. The van der Waals surface area contributed by atoms with E-state index in [4.69, 9.17) is 14.5 Å². The Kier molecular flexibility index (Phi) is 5.14. The number of aryl methyl sites for hydroxylation is 1. The fourth-order valence-corrected chi connectivity index (χ4v) is 4.79. The largest absolute Gasteiger partial charge is 0.497 e. The van der Waals surface area contributed by atoms with Crippen LogP contribution in [0.1, 0.15) is 45.3 Å². The Labute approximate surface area is 182 Å². The van der Waals surface area contributed by atoms with Gasteiger partial charge in [-0.15, -0.1) is 0 Å². The lowest BCUT2D eigenvalue weighted by molar-refractivity contribution is 0.0729. The minimum atomic E-state index is 0.0203. The highest BCUT2D eigenvalue weighted by Gasteiger charge is 2.28. The number of carbonyl (C=O) groups excluding carboxylic acids is 1. The molecule has 0 radical (unpaired) electrons. The molecule has 160 valence electrons. The first-order valence-corrected chi connectivity index (χ1v) is 10.8. The van der Waals surface area contributed by atoms with Crippen molar-refractivity contribution < 1.29 is 14.3 Å². The van der Waals surface area contributed by atoms with Gasteiger partial charge in [-0.3, -0.25) is 4.79 Å². The van der Waals surface area contributed by atoms with Gasteiger partial charge in [0.25, 0.3) is 5.91 Å². The third-order valence-electron chi connectivity index (χ3n) is 6.51. The number of rotatable bonds is 4. The number of fused-ring (bicyclic) bond motifs is 2. The lowest BCUT2D eigenvalue weighted by atomic mass is 9.90. The molecule has 3 aromatic rings. The first kappa shape index (κ1) is 19.7. The number of benzene rings is 2. The highest BCUT2D eigenvalue weighted by atomic mass is 16.5. The van der Waals surface area contributed by atoms with Crippen molar-refractivity contribution in [2.24, 2.45) is 0 Å². The molecule has 1 amide bonds. The molecule has 0 fully saturated rings. The van der Waals surface area contributed by atoms with Crippen LogP contribution in [0.4, 0.5) is 0 Å². The number of nitrogens with zero attached hydrogens (tertiary/aromatic N) is 3. The Morgan fingerprint density at radius 3 is 2.71 bits per heavy atom. The second kappa shape index (κ2) is 8.10. The Bertz CT molecular complexity index is 1120. The highest BCUT2D eigenvalue weighted by Crippen LogP contribution is 2.36. The summed E-state index contributed by atoms with van der Waals surface area (Å²) in [6.45, 7) is 2.17. The normalized spacial score (nSPS) is 17.6. The third-order valence-corrected chi connectivity index (χ3v) is 6.51. The Morgan fingerprint density at radius 1 is 1.06 bits per heavy atom. The molecule has 2 aromatic carbocycles. The molecule has 0 N–H and O–H groups in total. The lowest BCUT2D eigenvalue weighted by Crippen LogP contribution is -2.36. The van der Waals surface area contributed by atoms with Gasteiger partial charge in [-0.1, -0.05) is 24.3 Å². The van der Waals surface area contributed by atoms with Crippen LogP contribution >= 0.6 is 0 Å². The summed E-state index contributed by atoms with van der Waals surface area (Å²) in [5.74, 6) is 2.99. The van der Waals surface area contributed by atoms with E-state index in [9.17, 15) is 4.79 Å². The van der Waals surface area contributed by atoms with Gasteiger partial charge in [0, 0.05) is 43.7 Å². The molecule has 1 aromatic heterocycles. The van der Waals surface area contributed by atoms with Crippen LogP contribution in [-0.4, -0.2) is 41.1 Å². The molecule has 0 aliphatic carbocycles. The fourth-order valence-electron chi connectivity index (χ4n) is 4.79. The van der Waals surface area contributed by atoms with Crippen LogP contribution in [0.25, 0.3) is 0 Å². The predicted molar refractivity (Wildman–Crippen MR) is 118 cm³/mol. The Balaban J connectivity index is 1.36. The van der Waals surface area contributed by atoms with Gasteiger partial charge in [0.2, 0.25) is 0 Å². The van der Waals surface area contributed by atoms with Crippen LogP contribution in [-0.2, 0) is 25.9 Å². The van der Waals surface area contributed by atoms with Crippen LogP contribution in [0, 0.1) is 0 Å². The van der Waals surface area contributed by atoms with Crippen molar-refractivity contribution in [2.45, 2.75) is 38.3 Å². The maximum Gasteiger partial charge on any atom is 0.274 e. The standard InChI is InChI=1S/C25H27N3O3/c1-30-20-8-9-23(31-2)21(13-20)19-7-10-24-26-22(16-28(24)15-19)25(29)27-12-11-17-5-3-4-6-18(17)14-27/h3-6,8-9,13,16,19H,7,10-12,14-15H2,1-2H3. The molecule has 6 nitrogen and oxygen atoms in total. The van der Waals surface area contributed by atoms with Gasteiger partial charge in [-0.2, -0.15) is 0 Å². The quantitative estimate of drug-likeness (QED) is 0.647. The summed E-state index contributed by atoms with van der Waals surface area (Å²) < 4.78 is 13.2. The summed E-state index contributed by atoms with van der Waals surface area (Å²) in [6.07, 6.45) is 4.62. The molecule has 31 heavy (non-hydrogen) atoms. The number of aromatic nitrogens is 2. The number of imidazole rings is 1. The van der Waals surface area contributed by atoms with Crippen molar-refractivity contribution in [1.82, 2.24) is 14.5 Å². The van der Waals surface area contributed by atoms with E-state index < -0.39 is 0 Å². The average Bonchev–Trinajstić information content (AvgIpc) is 3.26. The second-order valence-corrected chi connectivity index (χ2v) is 8.28. The molecule has 2 aliphatic rings. The molecule has 3 heterocycles. The van der Waals surface area contributed by atoms with Gasteiger partial charge in [0.15, 0.2) is 0 Å². The van der Waals surface area contributed by atoms with Gasteiger partial charge in [0.1, 0.15) is 23.0 Å². The van der Waals surface area contributed by atoms with Gasteiger partial charge < -0.3 is 18.9 Å². The third kappa shape index (κ3) is 3.67. The van der Waals surface area contributed by atoms with Crippen molar-refractivity contribution in [2.75, 3.05) is 20.8 Å². The zero-order chi connectivity index (χ0) is 21.4. The summed E-state index contributed by atoms with van der Waals surface area (Å²) in [5, 5.41) is 0. The fraction of sp³-hybridized carbons (Fsp3) is 0.360. The number of amides is 1. The average molecular weight is 418 g/mol. The van der Waals surface area contributed by atoms with Crippen LogP contribution in [0.5, 0.6) is 11.5 Å². The van der Waals surface area contributed by atoms with Crippen LogP contribution in [0.2, 0.25) is 0 Å². The second-order valence-electron chi connectivity index (χ2n) is 8.28. The van der Waals surface area contributed by atoms with E-state index >= 15 is 0 Å². The summed E-state index contributed by atoms with van der Waals surface area (Å²) in [6, 6.07) is 14.3. The van der Waals surface area contributed by atoms with E-state index in [1.54, 1.807) is 14.2 Å². The number of carbonyl (C=O) groups is 1. The van der Waals surface area contributed by atoms with Crippen molar-refractivity contribution in [3.63, 3.8) is 0 Å².